The third kappa shape index (κ3) is 4.41. The summed E-state index contributed by atoms with van der Waals surface area (Å²) in [7, 11) is -0.854. The lowest BCUT2D eigenvalue weighted by Gasteiger charge is -2.11. The minimum atomic E-state index is -4.36. The molecule has 0 aliphatic rings. The van der Waals surface area contributed by atoms with Crippen LogP contribution in [0, 0.1) is 0 Å². The molecule has 1 N–H and O–H groups in total. The predicted molar refractivity (Wildman–Crippen MR) is 81.3 cm³/mol. The quantitative estimate of drug-likeness (QED) is 0.901. The number of anilines is 1. The van der Waals surface area contributed by atoms with Crippen molar-refractivity contribution in [1.29, 1.82) is 0 Å². The highest BCUT2D eigenvalue weighted by Gasteiger charge is 2.30. The second kappa shape index (κ2) is 6.31. The average molecular weight is 336 g/mol. The zero-order valence-corrected chi connectivity index (χ0v) is 13.2. The standard InChI is InChI=1S/C13H15F3N2OS2/c1-8(5-6-21(2)19)17-12-18-10-7-9(13(14,15)16)3-4-11(10)20-12/h3-4,7-8H,5-6H2,1-2H3,(H,17,18). The van der Waals surface area contributed by atoms with Gasteiger partial charge in [-0.3, -0.25) is 4.21 Å². The van der Waals surface area contributed by atoms with Crippen LogP contribution in [0.5, 0.6) is 0 Å². The summed E-state index contributed by atoms with van der Waals surface area (Å²) in [6, 6.07) is 3.63. The van der Waals surface area contributed by atoms with Gasteiger partial charge in [0.2, 0.25) is 0 Å². The smallest absolute Gasteiger partial charge is 0.359 e. The fraction of sp³-hybridized carbons (Fsp3) is 0.462. The third-order valence-electron chi connectivity index (χ3n) is 2.92. The molecule has 0 saturated carbocycles. The molecule has 0 saturated heterocycles. The van der Waals surface area contributed by atoms with Crippen molar-refractivity contribution in [2.45, 2.75) is 25.6 Å². The summed E-state index contributed by atoms with van der Waals surface area (Å²) in [5.74, 6) is 0.581. The molecule has 21 heavy (non-hydrogen) atoms. The number of aromatic nitrogens is 1. The van der Waals surface area contributed by atoms with Gasteiger partial charge in [-0.15, -0.1) is 0 Å². The number of hydrogen-bond donors (Lipinski definition) is 1. The molecule has 8 heteroatoms. The van der Waals surface area contributed by atoms with Crippen LogP contribution in [0.2, 0.25) is 0 Å². The van der Waals surface area contributed by atoms with Gasteiger partial charge in [0.25, 0.3) is 0 Å². The van der Waals surface area contributed by atoms with Crippen LogP contribution >= 0.6 is 11.3 Å². The summed E-state index contributed by atoms with van der Waals surface area (Å²) in [6.07, 6.45) is -2.00. The van der Waals surface area contributed by atoms with E-state index in [0.717, 1.165) is 12.1 Å². The molecule has 0 aliphatic heterocycles. The average Bonchev–Trinajstić information content (AvgIpc) is 2.76. The molecule has 1 aromatic heterocycles. The molecular weight excluding hydrogens is 321 g/mol. The minimum absolute atomic E-state index is 0.0662. The first-order chi connectivity index (χ1) is 9.75. The molecule has 2 aromatic rings. The van der Waals surface area contributed by atoms with E-state index in [2.05, 4.69) is 10.3 Å². The molecule has 1 aromatic carbocycles. The summed E-state index contributed by atoms with van der Waals surface area (Å²) in [4.78, 5) is 4.19. The lowest BCUT2D eigenvalue weighted by Crippen LogP contribution is -2.17. The van der Waals surface area contributed by atoms with Crippen molar-refractivity contribution in [1.82, 2.24) is 4.98 Å². The maximum atomic E-state index is 12.6. The molecule has 3 nitrogen and oxygen atoms in total. The number of nitrogens with zero attached hydrogens (tertiary/aromatic N) is 1. The molecule has 0 fully saturated rings. The van der Waals surface area contributed by atoms with Crippen molar-refractivity contribution in [2.24, 2.45) is 0 Å². The fourth-order valence-corrected chi connectivity index (χ4v) is 3.43. The number of rotatable bonds is 5. The maximum Gasteiger partial charge on any atom is 0.416 e. The first kappa shape index (κ1) is 16.2. The Balaban J connectivity index is 2.13. The highest BCUT2D eigenvalue weighted by atomic mass is 32.2. The van der Waals surface area contributed by atoms with E-state index in [9.17, 15) is 17.4 Å². The van der Waals surface area contributed by atoms with Gasteiger partial charge in [-0.1, -0.05) is 11.3 Å². The van der Waals surface area contributed by atoms with E-state index in [1.165, 1.54) is 17.4 Å². The van der Waals surface area contributed by atoms with Crippen molar-refractivity contribution >= 4 is 37.5 Å². The first-order valence-electron chi connectivity index (χ1n) is 6.30. The Morgan fingerprint density at radius 1 is 1.43 bits per heavy atom. The molecule has 0 spiro atoms. The van der Waals surface area contributed by atoms with E-state index in [0.29, 0.717) is 27.5 Å². The van der Waals surface area contributed by atoms with Crippen LogP contribution in [0.15, 0.2) is 18.2 Å². The lowest BCUT2D eigenvalue weighted by molar-refractivity contribution is -0.137. The van der Waals surface area contributed by atoms with Crippen molar-refractivity contribution in [3.63, 3.8) is 0 Å². The van der Waals surface area contributed by atoms with Gasteiger partial charge in [-0.2, -0.15) is 13.2 Å². The zero-order chi connectivity index (χ0) is 15.6. The summed E-state index contributed by atoms with van der Waals surface area (Å²) in [5.41, 5.74) is -0.357. The molecule has 2 unspecified atom stereocenters. The van der Waals surface area contributed by atoms with Gasteiger partial charge in [-0.05, 0) is 31.5 Å². The van der Waals surface area contributed by atoms with E-state index < -0.39 is 22.5 Å². The number of halogens is 3. The molecule has 0 aliphatic carbocycles. The predicted octanol–water partition coefficient (Wildman–Crippen LogP) is 3.88. The van der Waals surface area contributed by atoms with E-state index >= 15 is 0 Å². The number of thiazole rings is 1. The topological polar surface area (TPSA) is 42.0 Å². The number of hydrogen-bond acceptors (Lipinski definition) is 4. The normalized spacial score (nSPS) is 15.1. The molecule has 0 amide bonds. The molecule has 2 rings (SSSR count). The maximum absolute atomic E-state index is 12.6. The van der Waals surface area contributed by atoms with E-state index in [1.807, 2.05) is 6.92 Å². The van der Waals surface area contributed by atoms with Crippen LogP contribution in [0.1, 0.15) is 18.9 Å². The Labute approximate surface area is 127 Å². The number of nitrogens with one attached hydrogen (secondary N) is 1. The van der Waals surface area contributed by atoms with Gasteiger partial charge < -0.3 is 5.32 Å². The Bertz CT molecular complexity index is 654. The first-order valence-corrected chi connectivity index (χ1v) is 8.84. The van der Waals surface area contributed by atoms with E-state index in [-0.39, 0.29) is 6.04 Å². The molecule has 0 radical (unpaired) electrons. The largest absolute Gasteiger partial charge is 0.416 e. The van der Waals surface area contributed by atoms with Crippen LogP contribution in [0.4, 0.5) is 18.3 Å². The fourth-order valence-electron chi connectivity index (χ4n) is 1.79. The van der Waals surface area contributed by atoms with Gasteiger partial charge in [0.1, 0.15) is 0 Å². The molecule has 0 bridgehead atoms. The van der Waals surface area contributed by atoms with Crippen molar-refractivity contribution in [3.8, 4) is 0 Å². The Kier molecular flexibility index (Phi) is 4.88. The highest BCUT2D eigenvalue weighted by molar-refractivity contribution is 7.84. The van der Waals surface area contributed by atoms with Crippen LogP contribution in [0.3, 0.4) is 0 Å². The molecule has 116 valence electrons. The monoisotopic (exact) mass is 336 g/mol. The Morgan fingerprint density at radius 3 is 2.76 bits per heavy atom. The molecular formula is C13H15F3N2OS2. The second-order valence-electron chi connectivity index (χ2n) is 4.81. The van der Waals surface area contributed by atoms with Crippen LogP contribution < -0.4 is 5.32 Å². The lowest BCUT2D eigenvalue weighted by atomic mass is 10.2. The van der Waals surface area contributed by atoms with Gasteiger partial charge in [0, 0.05) is 28.9 Å². The number of fused-ring (bicyclic) bond motifs is 1. The summed E-state index contributed by atoms with van der Waals surface area (Å²) < 4.78 is 49.7. The van der Waals surface area contributed by atoms with Crippen LogP contribution in [-0.4, -0.2) is 27.2 Å². The van der Waals surface area contributed by atoms with Gasteiger partial charge in [0.15, 0.2) is 5.13 Å². The van der Waals surface area contributed by atoms with Crippen LogP contribution in [0.25, 0.3) is 10.2 Å². The van der Waals surface area contributed by atoms with Gasteiger partial charge in [0.05, 0.1) is 15.8 Å². The van der Waals surface area contributed by atoms with Crippen LogP contribution in [-0.2, 0) is 17.0 Å². The second-order valence-corrected chi connectivity index (χ2v) is 7.40. The van der Waals surface area contributed by atoms with Crippen molar-refractivity contribution < 1.29 is 17.4 Å². The van der Waals surface area contributed by atoms with Gasteiger partial charge >= 0.3 is 6.18 Å². The highest BCUT2D eigenvalue weighted by Crippen LogP contribution is 2.34. The van der Waals surface area contributed by atoms with Crippen molar-refractivity contribution in [2.75, 3.05) is 17.3 Å². The number of alkyl halides is 3. The Hall–Kier alpha value is -1.15. The Morgan fingerprint density at radius 2 is 2.14 bits per heavy atom. The van der Waals surface area contributed by atoms with Crippen molar-refractivity contribution in [3.05, 3.63) is 23.8 Å². The SMILES string of the molecule is CC(CCS(C)=O)Nc1nc2cc(C(F)(F)F)ccc2s1. The van der Waals surface area contributed by atoms with E-state index in [4.69, 9.17) is 0 Å². The summed E-state index contributed by atoms with van der Waals surface area (Å²) >= 11 is 1.31. The van der Waals surface area contributed by atoms with E-state index in [1.54, 1.807) is 6.26 Å². The number of benzene rings is 1. The molecule has 2 atom stereocenters. The summed E-state index contributed by atoms with van der Waals surface area (Å²) in [5, 5.41) is 3.72. The third-order valence-corrected chi connectivity index (χ3v) is 4.70. The van der Waals surface area contributed by atoms with Gasteiger partial charge in [-0.25, -0.2) is 4.98 Å². The molecule has 1 heterocycles. The minimum Gasteiger partial charge on any atom is -0.359 e. The summed E-state index contributed by atoms with van der Waals surface area (Å²) in [6.45, 7) is 1.93. The zero-order valence-electron chi connectivity index (χ0n) is 11.5.